The van der Waals surface area contributed by atoms with Gasteiger partial charge in [-0.05, 0) is 49.6 Å². The molecular formula is C20H19ClN4O. The molecule has 26 heavy (non-hydrogen) atoms. The summed E-state index contributed by atoms with van der Waals surface area (Å²) in [6, 6.07) is 5.51. The molecule has 3 heterocycles. The number of aromatic nitrogens is 3. The van der Waals surface area contributed by atoms with Crippen molar-refractivity contribution in [2.24, 2.45) is 4.99 Å². The van der Waals surface area contributed by atoms with Crippen LogP contribution in [-0.4, -0.2) is 25.4 Å². The second kappa shape index (κ2) is 6.25. The summed E-state index contributed by atoms with van der Waals surface area (Å²) < 4.78 is 1.84. The highest BCUT2D eigenvalue weighted by atomic mass is 35.5. The Morgan fingerprint density at radius 1 is 1.31 bits per heavy atom. The maximum Gasteiger partial charge on any atom is 0.137 e. The molecule has 4 rings (SSSR count). The molecule has 0 saturated heterocycles. The van der Waals surface area contributed by atoms with Gasteiger partial charge in [0.15, 0.2) is 0 Å². The van der Waals surface area contributed by atoms with E-state index in [1.54, 1.807) is 12.4 Å². The van der Waals surface area contributed by atoms with Crippen LogP contribution in [-0.2, 0) is 0 Å². The molecule has 0 aliphatic carbocycles. The van der Waals surface area contributed by atoms with Crippen LogP contribution < -0.4 is 0 Å². The number of aliphatic imine (C=N–C) groups is 1. The van der Waals surface area contributed by atoms with Crippen molar-refractivity contribution in [2.45, 2.75) is 33.2 Å². The van der Waals surface area contributed by atoms with E-state index in [0.717, 1.165) is 45.6 Å². The molecule has 0 radical (unpaired) electrons. The molecule has 0 fully saturated rings. The topological polar surface area (TPSA) is 62.8 Å². The lowest BCUT2D eigenvalue weighted by Crippen LogP contribution is -2.02. The molecule has 3 aromatic rings. The van der Waals surface area contributed by atoms with E-state index in [2.05, 4.69) is 23.1 Å². The van der Waals surface area contributed by atoms with E-state index in [4.69, 9.17) is 16.6 Å². The Hall–Kier alpha value is -2.66. The lowest BCUT2D eigenvalue weighted by Gasteiger charge is -2.14. The molecule has 1 N–H and O–H groups in total. The molecule has 1 aliphatic heterocycles. The minimum Gasteiger partial charge on any atom is -0.506 e. The number of rotatable bonds is 2. The maximum absolute atomic E-state index is 10.0. The number of allylic oxidation sites excluding steroid dienone is 2. The van der Waals surface area contributed by atoms with Gasteiger partial charge in [0.2, 0.25) is 0 Å². The fraction of sp³-hybridized carbons (Fsp3) is 0.250. The first-order valence-electron chi connectivity index (χ1n) is 8.57. The number of aryl methyl sites for hydroxylation is 1. The highest BCUT2D eigenvalue weighted by Gasteiger charge is 2.26. The Bertz CT molecular complexity index is 1060. The van der Waals surface area contributed by atoms with Crippen molar-refractivity contribution in [3.05, 3.63) is 64.2 Å². The summed E-state index contributed by atoms with van der Waals surface area (Å²) in [6.45, 7) is 5.95. The van der Waals surface area contributed by atoms with Crippen molar-refractivity contribution in [1.82, 2.24) is 14.6 Å². The van der Waals surface area contributed by atoms with Crippen LogP contribution in [0.15, 0.2) is 41.8 Å². The second-order valence-electron chi connectivity index (χ2n) is 6.48. The van der Waals surface area contributed by atoms with E-state index < -0.39 is 0 Å². The van der Waals surface area contributed by atoms with Crippen molar-refractivity contribution >= 4 is 28.4 Å². The zero-order chi connectivity index (χ0) is 18.4. The number of nitrogens with zero attached hydrogens (tertiary/aromatic N) is 4. The van der Waals surface area contributed by atoms with Crippen LogP contribution in [0.25, 0.3) is 11.1 Å². The molecule has 0 bridgehead atoms. The molecule has 0 saturated carbocycles. The number of halogens is 1. The first-order chi connectivity index (χ1) is 12.5. The standard InChI is InChI=1S/C20H19ClN4O/c1-4-5-14-12(3)24-17(13-8-11(2)20(26)16(21)9-13)15-6-7-25-19(15)18(14)22-10-23-25/h5-10,17,26H,4H2,1-3H3/b14-5+. The molecule has 132 valence electrons. The van der Waals surface area contributed by atoms with Crippen LogP contribution >= 0.6 is 11.6 Å². The number of hydrogen-bond acceptors (Lipinski definition) is 4. The van der Waals surface area contributed by atoms with Gasteiger partial charge in [0.1, 0.15) is 18.1 Å². The molecule has 2 aromatic heterocycles. The average Bonchev–Trinajstić information content (AvgIpc) is 3.00. The van der Waals surface area contributed by atoms with Gasteiger partial charge in [0.05, 0.1) is 16.2 Å². The van der Waals surface area contributed by atoms with E-state index in [1.807, 2.05) is 36.7 Å². The highest BCUT2D eigenvalue weighted by Crippen LogP contribution is 2.39. The van der Waals surface area contributed by atoms with Crippen LogP contribution in [0.1, 0.15) is 48.7 Å². The molecule has 0 spiro atoms. The zero-order valence-corrected chi connectivity index (χ0v) is 15.6. The molecule has 1 aromatic carbocycles. The van der Waals surface area contributed by atoms with Gasteiger partial charge < -0.3 is 5.11 Å². The van der Waals surface area contributed by atoms with Gasteiger partial charge >= 0.3 is 0 Å². The number of hydrogen-bond donors (Lipinski definition) is 1. The number of aromatic hydroxyl groups is 1. The van der Waals surface area contributed by atoms with Crippen molar-refractivity contribution < 1.29 is 5.11 Å². The largest absolute Gasteiger partial charge is 0.506 e. The van der Waals surface area contributed by atoms with Crippen LogP contribution in [0.2, 0.25) is 5.02 Å². The lowest BCUT2D eigenvalue weighted by molar-refractivity contribution is 0.471. The Labute approximate surface area is 156 Å². The number of phenolic OH excluding ortho intramolecular Hbond substituents is 1. The van der Waals surface area contributed by atoms with Gasteiger partial charge in [-0.2, -0.15) is 5.10 Å². The summed E-state index contributed by atoms with van der Waals surface area (Å²) in [7, 11) is 0. The SMILES string of the molecule is CC/C=C1\C(C)=NC(c2cc(C)c(O)c(Cl)c2)c2ccn3ncnc1c23. The first kappa shape index (κ1) is 16.8. The fourth-order valence-electron chi connectivity index (χ4n) is 3.52. The Balaban J connectivity index is 2.04. The summed E-state index contributed by atoms with van der Waals surface area (Å²) in [5, 5.41) is 14.7. The van der Waals surface area contributed by atoms with Crippen molar-refractivity contribution in [3.8, 4) is 5.75 Å². The molecule has 5 nitrogen and oxygen atoms in total. The third-order valence-corrected chi connectivity index (χ3v) is 5.04. The third-order valence-electron chi connectivity index (χ3n) is 4.75. The quantitative estimate of drug-likeness (QED) is 0.711. The van der Waals surface area contributed by atoms with Gasteiger partial charge in [0.25, 0.3) is 0 Å². The Morgan fingerprint density at radius 2 is 2.12 bits per heavy atom. The minimum atomic E-state index is -0.232. The minimum absolute atomic E-state index is 0.113. The molecule has 0 amide bonds. The van der Waals surface area contributed by atoms with Crippen LogP contribution in [0, 0.1) is 6.92 Å². The first-order valence-corrected chi connectivity index (χ1v) is 8.95. The zero-order valence-electron chi connectivity index (χ0n) is 14.9. The lowest BCUT2D eigenvalue weighted by atomic mass is 9.98. The van der Waals surface area contributed by atoms with E-state index >= 15 is 0 Å². The molecule has 1 atom stereocenters. The van der Waals surface area contributed by atoms with Gasteiger partial charge in [-0.3, -0.25) is 4.99 Å². The summed E-state index contributed by atoms with van der Waals surface area (Å²) in [5.41, 5.74) is 6.51. The summed E-state index contributed by atoms with van der Waals surface area (Å²) in [5.74, 6) is 0.113. The Kier molecular flexibility index (Phi) is 4.04. The monoisotopic (exact) mass is 366 g/mol. The van der Waals surface area contributed by atoms with Crippen molar-refractivity contribution in [3.63, 3.8) is 0 Å². The van der Waals surface area contributed by atoms with E-state index in [1.165, 1.54) is 0 Å². The number of benzene rings is 1. The average molecular weight is 367 g/mol. The maximum atomic E-state index is 10.0. The van der Waals surface area contributed by atoms with Crippen LogP contribution in [0.3, 0.4) is 0 Å². The number of phenols is 1. The van der Waals surface area contributed by atoms with Crippen molar-refractivity contribution in [2.75, 3.05) is 0 Å². The molecular weight excluding hydrogens is 348 g/mol. The summed E-state index contributed by atoms with van der Waals surface area (Å²) in [6.07, 6.45) is 6.54. The van der Waals surface area contributed by atoms with Crippen molar-refractivity contribution in [1.29, 1.82) is 0 Å². The fourth-order valence-corrected chi connectivity index (χ4v) is 3.80. The smallest absolute Gasteiger partial charge is 0.137 e. The third kappa shape index (κ3) is 2.51. The van der Waals surface area contributed by atoms with Crippen LogP contribution in [0.4, 0.5) is 0 Å². The van der Waals surface area contributed by atoms with Gasteiger partial charge in [-0.1, -0.05) is 24.6 Å². The molecule has 6 heteroatoms. The summed E-state index contributed by atoms with van der Waals surface area (Å²) >= 11 is 6.23. The molecule has 1 unspecified atom stereocenters. The molecule has 1 aliphatic rings. The predicted octanol–water partition coefficient (Wildman–Crippen LogP) is 4.75. The van der Waals surface area contributed by atoms with E-state index in [-0.39, 0.29) is 11.8 Å². The van der Waals surface area contributed by atoms with Gasteiger partial charge in [-0.15, -0.1) is 0 Å². The highest BCUT2D eigenvalue weighted by molar-refractivity contribution is 6.32. The van der Waals surface area contributed by atoms with E-state index in [9.17, 15) is 5.11 Å². The van der Waals surface area contributed by atoms with Gasteiger partial charge in [0, 0.05) is 23.0 Å². The Morgan fingerprint density at radius 3 is 2.85 bits per heavy atom. The second-order valence-corrected chi connectivity index (χ2v) is 6.89. The predicted molar refractivity (Wildman–Crippen MR) is 104 cm³/mol. The summed E-state index contributed by atoms with van der Waals surface area (Å²) in [4.78, 5) is 9.55. The van der Waals surface area contributed by atoms with E-state index in [0.29, 0.717) is 5.02 Å². The van der Waals surface area contributed by atoms with Gasteiger partial charge in [-0.25, -0.2) is 9.50 Å². The van der Waals surface area contributed by atoms with Crippen LogP contribution in [0.5, 0.6) is 5.75 Å². The normalized spacial score (nSPS) is 18.2.